The highest BCUT2D eigenvalue weighted by molar-refractivity contribution is 6.30. The summed E-state index contributed by atoms with van der Waals surface area (Å²) in [5.41, 5.74) is 7.05. The van der Waals surface area contributed by atoms with Crippen LogP contribution in [0.5, 0.6) is 0 Å². The SMILES string of the molecule is CCc1nn2c3c(cnc2c1-c1ccc(Cl)cc1)CCCC3. The number of fused-ring (bicyclic) bond motifs is 3. The van der Waals surface area contributed by atoms with Gasteiger partial charge in [-0.15, -0.1) is 0 Å². The maximum Gasteiger partial charge on any atom is 0.163 e. The molecule has 0 unspecified atom stereocenters. The molecule has 0 saturated carbocycles. The van der Waals surface area contributed by atoms with Crippen LogP contribution < -0.4 is 0 Å². The first-order valence-corrected chi connectivity index (χ1v) is 8.30. The largest absolute Gasteiger partial charge is 0.236 e. The average molecular weight is 312 g/mol. The summed E-state index contributed by atoms with van der Waals surface area (Å²) in [5, 5.41) is 5.62. The maximum absolute atomic E-state index is 6.02. The zero-order valence-electron chi connectivity index (χ0n) is 12.6. The molecule has 112 valence electrons. The van der Waals surface area contributed by atoms with Gasteiger partial charge in [-0.2, -0.15) is 5.10 Å². The maximum atomic E-state index is 6.02. The van der Waals surface area contributed by atoms with Crippen LogP contribution in [0.3, 0.4) is 0 Å². The van der Waals surface area contributed by atoms with Gasteiger partial charge in [-0.3, -0.25) is 0 Å². The van der Waals surface area contributed by atoms with Crippen LogP contribution in [-0.4, -0.2) is 14.6 Å². The van der Waals surface area contributed by atoms with E-state index in [0.29, 0.717) is 0 Å². The van der Waals surface area contributed by atoms with Crippen molar-refractivity contribution in [3.8, 4) is 11.1 Å². The lowest BCUT2D eigenvalue weighted by atomic mass is 9.97. The average Bonchev–Trinajstić information content (AvgIpc) is 2.94. The van der Waals surface area contributed by atoms with Gasteiger partial charge in [0.15, 0.2) is 5.65 Å². The van der Waals surface area contributed by atoms with E-state index < -0.39 is 0 Å². The molecular formula is C18H18ClN3. The summed E-state index contributed by atoms with van der Waals surface area (Å²) in [6, 6.07) is 7.97. The van der Waals surface area contributed by atoms with E-state index in [-0.39, 0.29) is 0 Å². The van der Waals surface area contributed by atoms with Gasteiger partial charge in [-0.05, 0) is 55.4 Å². The summed E-state index contributed by atoms with van der Waals surface area (Å²) >= 11 is 6.02. The molecule has 0 bridgehead atoms. The van der Waals surface area contributed by atoms with E-state index in [9.17, 15) is 0 Å². The number of benzene rings is 1. The predicted octanol–water partition coefficient (Wildman–Crippen LogP) is 4.49. The number of nitrogens with zero attached hydrogens (tertiary/aromatic N) is 3. The van der Waals surface area contributed by atoms with E-state index in [2.05, 4.69) is 23.6 Å². The fourth-order valence-corrected chi connectivity index (χ4v) is 3.48. The number of aryl methyl sites for hydroxylation is 3. The zero-order chi connectivity index (χ0) is 15.1. The van der Waals surface area contributed by atoms with Crippen molar-refractivity contribution >= 4 is 17.2 Å². The second-order valence-corrected chi connectivity index (χ2v) is 6.29. The number of rotatable bonds is 2. The minimum absolute atomic E-state index is 0.753. The molecule has 1 aromatic carbocycles. The quantitative estimate of drug-likeness (QED) is 0.698. The summed E-state index contributed by atoms with van der Waals surface area (Å²) in [6.45, 7) is 2.15. The normalized spacial score (nSPS) is 14.3. The van der Waals surface area contributed by atoms with Crippen molar-refractivity contribution in [2.45, 2.75) is 39.0 Å². The molecule has 3 aromatic rings. The fourth-order valence-electron chi connectivity index (χ4n) is 3.35. The van der Waals surface area contributed by atoms with Crippen molar-refractivity contribution in [3.63, 3.8) is 0 Å². The van der Waals surface area contributed by atoms with Crippen LogP contribution in [0.15, 0.2) is 30.5 Å². The van der Waals surface area contributed by atoms with E-state index in [0.717, 1.165) is 46.8 Å². The molecule has 1 aliphatic rings. The van der Waals surface area contributed by atoms with Crippen molar-refractivity contribution in [1.29, 1.82) is 0 Å². The van der Waals surface area contributed by atoms with Crippen molar-refractivity contribution in [2.75, 3.05) is 0 Å². The molecular weight excluding hydrogens is 294 g/mol. The molecule has 0 fully saturated rings. The Morgan fingerprint density at radius 3 is 2.68 bits per heavy atom. The number of halogens is 1. The van der Waals surface area contributed by atoms with Gasteiger partial charge in [0.05, 0.1) is 5.69 Å². The number of hydrogen-bond acceptors (Lipinski definition) is 2. The second-order valence-electron chi connectivity index (χ2n) is 5.85. The predicted molar refractivity (Wildman–Crippen MR) is 89.5 cm³/mol. The molecule has 2 aromatic heterocycles. The lowest BCUT2D eigenvalue weighted by Crippen LogP contribution is -2.10. The fraction of sp³-hybridized carbons (Fsp3) is 0.333. The monoisotopic (exact) mass is 311 g/mol. The van der Waals surface area contributed by atoms with Crippen LogP contribution in [0, 0.1) is 0 Å². The minimum Gasteiger partial charge on any atom is -0.236 e. The summed E-state index contributed by atoms with van der Waals surface area (Å²) in [7, 11) is 0. The van der Waals surface area contributed by atoms with E-state index in [1.165, 1.54) is 24.1 Å². The molecule has 3 nitrogen and oxygen atoms in total. The Kier molecular flexibility index (Phi) is 3.38. The van der Waals surface area contributed by atoms with Crippen LogP contribution in [0.1, 0.15) is 36.7 Å². The lowest BCUT2D eigenvalue weighted by Gasteiger charge is -2.15. The molecule has 4 heteroatoms. The first kappa shape index (κ1) is 13.8. The first-order valence-electron chi connectivity index (χ1n) is 7.92. The Balaban J connectivity index is 1.99. The van der Waals surface area contributed by atoms with Crippen LogP contribution in [-0.2, 0) is 19.3 Å². The lowest BCUT2D eigenvalue weighted by molar-refractivity contribution is 0.638. The zero-order valence-corrected chi connectivity index (χ0v) is 13.4. The molecule has 22 heavy (non-hydrogen) atoms. The van der Waals surface area contributed by atoms with Gasteiger partial charge in [0.1, 0.15) is 0 Å². The molecule has 0 amide bonds. The summed E-state index contributed by atoms with van der Waals surface area (Å²) < 4.78 is 2.08. The van der Waals surface area contributed by atoms with E-state index in [1.807, 2.05) is 18.3 Å². The van der Waals surface area contributed by atoms with Gasteiger partial charge in [0.25, 0.3) is 0 Å². The Hall–Kier alpha value is -1.87. The molecule has 1 aliphatic carbocycles. The summed E-state index contributed by atoms with van der Waals surface area (Å²) in [4.78, 5) is 4.73. The molecule has 0 saturated heterocycles. The van der Waals surface area contributed by atoms with Gasteiger partial charge in [0.2, 0.25) is 0 Å². The van der Waals surface area contributed by atoms with Crippen molar-refractivity contribution in [2.24, 2.45) is 0 Å². The first-order chi connectivity index (χ1) is 10.8. The second kappa shape index (κ2) is 5.40. The molecule has 0 atom stereocenters. The van der Waals surface area contributed by atoms with Crippen LogP contribution in [0.4, 0.5) is 0 Å². The molecule has 2 heterocycles. The number of aromatic nitrogens is 3. The van der Waals surface area contributed by atoms with Gasteiger partial charge < -0.3 is 0 Å². The third-order valence-electron chi connectivity index (χ3n) is 4.48. The topological polar surface area (TPSA) is 30.2 Å². The smallest absolute Gasteiger partial charge is 0.163 e. The third-order valence-corrected chi connectivity index (χ3v) is 4.73. The van der Waals surface area contributed by atoms with Gasteiger partial charge >= 0.3 is 0 Å². The van der Waals surface area contributed by atoms with Crippen molar-refractivity contribution < 1.29 is 0 Å². The Labute approximate surface area is 135 Å². The van der Waals surface area contributed by atoms with Crippen LogP contribution in [0.25, 0.3) is 16.8 Å². The highest BCUT2D eigenvalue weighted by Crippen LogP contribution is 2.31. The van der Waals surface area contributed by atoms with Crippen molar-refractivity contribution in [1.82, 2.24) is 14.6 Å². The van der Waals surface area contributed by atoms with Crippen LogP contribution in [0.2, 0.25) is 5.02 Å². The van der Waals surface area contributed by atoms with Crippen molar-refractivity contribution in [3.05, 3.63) is 52.4 Å². The molecule has 0 aliphatic heterocycles. The van der Waals surface area contributed by atoms with Gasteiger partial charge in [-0.1, -0.05) is 30.7 Å². The molecule has 0 spiro atoms. The number of hydrogen-bond donors (Lipinski definition) is 0. The highest BCUT2D eigenvalue weighted by Gasteiger charge is 2.20. The molecule has 0 N–H and O–H groups in total. The third kappa shape index (κ3) is 2.12. The Bertz CT molecular complexity index is 834. The van der Waals surface area contributed by atoms with Crippen LogP contribution >= 0.6 is 11.6 Å². The summed E-state index contributed by atoms with van der Waals surface area (Å²) in [5.74, 6) is 0. The standard InChI is InChI=1S/C18H18ClN3/c1-2-15-17(12-7-9-14(19)10-8-12)18-20-11-13-5-3-4-6-16(13)22(18)21-15/h7-11H,2-6H2,1H3. The van der Waals surface area contributed by atoms with E-state index >= 15 is 0 Å². The van der Waals surface area contributed by atoms with Gasteiger partial charge in [-0.25, -0.2) is 9.50 Å². The van der Waals surface area contributed by atoms with E-state index in [1.54, 1.807) is 0 Å². The highest BCUT2D eigenvalue weighted by atomic mass is 35.5. The Morgan fingerprint density at radius 1 is 1.14 bits per heavy atom. The Morgan fingerprint density at radius 2 is 1.91 bits per heavy atom. The molecule has 0 radical (unpaired) electrons. The minimum atomic E-state index is 0.753. The van der Waals surface area contributed by atoms with E-state index in [4.69, 9.17) is 21.7 Å². The molecule has 4 rings (SSSR count). The summed E-state index contributed by atoms with van der Waals surface area (Å²) in [6.07, 6.45) is 7.66. The van der Waals surface area contributed by atoms with Gasteiger partial charge in [0, 0.05) is 22.5 Å².